The number of carbonyl (C=O) groups is 3. The lowest BCUT2D eigenvalue weighted by Gasteiger charge is -2.26. The van der Waals surface area contributed by atoms with Crippen LogP contribution in [0.5, 0.6) is 0 Å². The fourth-order valence-corrected chi connectivity index (χ4v) is 9.33. The van der Waals surface area contributed by atoms with Gasteiger partial charge < -0.3 is 33.3 Å². The number of aliphatic carboxylic acids is 1. The Labute approximate surface area is 570 Å². The molecule has 9 heteroatoms. The van der Waals surface area contributed by atoms with Crippen LogP contribution in [0.1, 0.15) is 258 Å². The molecule has 0 aliphatic rings. The fraction of sp³-hybridized carbons (Fsp3) is 0.583. The first kappa shape index (κ1) is 87.1. The molecule has 0 saturated heterocycles. The molecule has 522 valence electrons. The monoisotopic (exact) mass is 1280 g/mol. The van der Waals surface area contributed by atoms with Crippen LogP contribution >= 0.6 is 0 Å². The van der Waals surface area contributed by atoms with E-state index in [-0.39, 0.29) is 38.6 Å². The number of likely N-dealkylation sites (N-methyl/N-ethyl adjacent to an activating group) is 1. The van der Waals surface area contributed by atoms with Crippen LogP contribution in [0.25, 0.3) is 0 Å². The van der Waals surface area contributed by atoms with Crippen LogP contribution in [-0.2, 0) is 33.3 Å². The molecular weight excluding hydrogens is 1150 g/mol. The van der Waals surface area contributed by atoms with E-state index in [4.69, 9.17) is 18.9 Å². The highest BCUT2D eigenvalue weighted by Crippen LogP contribution is 2.15. The number of ether oxygens (including phenoxy) is 4. The van der Waals surface area contributed by atoms with Gasteiger partial charge in [0.2, 0.25) is 0 Å². The van der Waals surface area contributed by atoms with Crippen molar-refractivity contribution in [3.63, 3.8) is 0 Å². The van der Waals surface area contributed by atoms with Gasteiger partial charge in [0, 0.05) is 12.8 Å². The van der Waals surface area contributed by atoms with E-state index in [2.05, 4.69) is 208 Å². The van der Waals surface area contributed by atoms with Gasteiger partial charge in [-0.2, -0.15) is 0 Å². The molecule has 0 aliphatic heterocycles. The standard InChI is InChI=1S/C84H133NO8/c1-6-8-10-12-14-16-18-20-22-24-26-28-30-32-34-36-38-39-40-41-42-43-45-47-49-51-53-55-57-59-61-63-65-67-69-71-73-75-82(87)93-80(79-92-84(83(88)89)90-77-76-85(3,4)5)78-91-81(86)74-72-70-68-66-64-62-60-58-56-54-52-50-48-46-44-37-35-33-31-29-27-25-23-21-19-17-15-13-11-9-7-2/h8-11,14-17,20-23,26-29,32-35,38-39,41-42,44-47,51,53,57,59,80,84H,6-7,12-13,18-19,24-25,30-31,36-37,40,43,48-50,52,54-56,58,60-79H2,1-5H3/b10-8-,11-9-,16-14-,17-15-,22-20-,23-21-,28-26-,29-27-,34-32-,35-33-,39-38-,42-41-,46-44-,47-45-,53-51-,59-57-. The van der Waals surface area contributed by atoms with Crippen molar-refractivity contribution in [2.45, 2.75) is 270 Å². The third-order valence-corrected chi connectivity index (χ3v) is 14.8. The highest BCUT2D eigenvalue weighted by molar-refractivity contribution is 5.70. The normalized spacial score (nSPS) is 13.9. The lowest BCUT2D eigenvalue weighted by molar-refractivity contribution is -0.870. The van der Waals surface area contributed by atoms with E-state index in [9.17, 15) is 19.5 Å². The first-order valence-corrected chi connectivity index (χ1v) is 36.6. The third-order valence-electron chi connectivity index (χ3n) is 14.8. The molecule has 0 heterocycles. The summed E-state index contributed by atoms with van der Waals surface area (Å²) in [5, 5.41) is 11.8. The molecule has 2 unspecified atom stereocenters. The van der Waals surface area contributed by atoms with Gasteiger partial charge in [-0.15, -0.1) is 0 Å². The average molecular weight is 1280 g/mol. The van der Waals surface area contributed by atoms with E-state index in [1.54, 1.807) is 0 Å². The Balaban J connectivity index is 4.22. The summed E-state index contributed by atoms with van der Waals surface area (Å²) < 4.78 is 22.8. The SMILES string of the molecule is CC/C=C\C/C=C\C/C=C\C/C=C\C/C=C\C/C=C\C/C=C\C/C=C\C/C=C\C/C=C\CCCCCCCCC(=O)OC(COC(=O)CCCCCCCCCCCCCC/C=C\C/C=C\C/C=C\C/C=C\C/C=C\C/C=C\CC)COC(OCC[N+](C)(C)C)C(=O)[O-]. The molecule has 0 radical (unpaired) electrons. The summed E-state index contributed by atoms with van der Waals surface area (Å²) in [6.45, 7) is 4.48. The fourth-order valence-electron chi connectivity index (χ4n) is 9.33. The van der Waals surface area contributed by atoms with E-state index in [0.29, 0.717) is 17.4 Å². The molecule has 0 spiro atoms. The zero-order valence-electron chi connectivity index (χ0n) is 59.5. The summed E-state index contributed by atoms with van der Waals surface area (Å²) in [6, 6.07) is 0. The van der Waals surface area contributed by atoms with Crippen LogP contribution in [0.15, 0.2) is 194 Å². The van der Waals surface area contributed by atoms with Crippen molar-refractivity contribution in [2.75, 3.05) is 47.5 Å². The Morgan fingerprint density at radius 3 is 0.860 bits per heavy atom. The van der Waals surface area contributed by atoms with E-state index in [1.807, 2.05) is 21.1 Å². The first-order valence-electron chi connectivity index (χ1n) is 36.6. The van der Waals surface area contributed by atoms with Crippen LogP contribution < -0.4 is 5.11 Å². The predicted molar refractivity (Wildman–Crippen MR) is 397 cm³/mol. The van der Waals surface area contributed by atoms with Gasteiger partial charge >= 0.3 is 11.9 Å². The Bertz CT molecular complexity index is 2230. The molecule has 0 rings (SSSR count). The third kappa shape index (κ3) is 73.4. The predicted octanol–water partition coefficient (Wildman–Crippen LogP) is 22.0. The lowest BCUT2D eigenvalue weighted by Crippen LogP contribution is -2.44. The number of rotatable bonds is 65. The summed E-state index contributed by atoms with van der Waals surface area (Å²) in [4.78, 5) is 37.5. The minimum absolute atomic E-state index is 0.134. The topological polar surface area (TPSA) is 111 Å². The molecule has 0 bridgehead atoms. The molecule has 93 heavy (non-hydrogen) atoms. The van der Waals surface area contributed by atoms with Gasteiger partial charge in [-0.05, 0) is 141 Å². The summed E-state index contributed by atoms with van der Waals surface area (Å²) in [5.74, 6) is -2.32. The Morgan fingerprint density at radius 2 is 0.581 bits per heavy atom. The van der Waals surface area contributed by atoms with Gasteiger partial charge in [-0.1, -0.05) is 298 Å². The molecule has 0 aromatic rings. The molecule has 2 atom stereocenters. The number of nitrogens with zero attached hydrogens (tertiary/aromatic N) is 1. The molecule has 0 aromatic carbocycles. The van der Waals surface area contributed by atoms with Crippen LogP contribution in [0, 0.1) is 0 Å². The number of allylic oxidation sites excluding steroid dienone is 32. The number of carboxylic acids is 1. The van der Waals surface area contributed by atoms with Crippen molar-refractivity contribution in [1.82, 2.24) is 0 Å². The van der Waals surface area contributed by atoms with Crippen molar-refractivity contribution in [3.05, 3.63) is 194 Å². The van der Waals surface area contributed by atoms with Crippen LogP contribution in [0.4, 0.5) is 0 Å². The van der Waals surface area contributed by atoms with Gasteiger partial charge in [0.15, 0.2) is 12.4 Å². The largest absolute Gasteiger partial charge is 0.545 e. The van der Waals surface area contributed by atoms with Gasteiger partial charge in [-0.25, -0.2) is 0 Å². The summed E-state index contributed by atoms with van der Waals surface area (Å²) in [7, 11) is 5.91. The minimum Gasteiger partial charge on any atom is -0.545 e. The van der Waals surface area contributed by atoms with Gasteiger partial charge in [-0.3, -0.25) is 9.59 Å². The van der Waals surface area contributed by atoms with E-state index < -0.39 is 24.3 Å². The smallest absolute Gasteiger partial charge is 0.306 e. The second kappa shape index (κ2) is 72.0. The van der Waals surface area contributed by atoms with E-state index in [1.165, 1.54) is 57.8 Å². The Hall–Kier alpha value is -5.87. The highest BCUT2D eigenvalue weighted by atomic mass is 16.7. The molecule has 0 aromatic heterocycles. The molecule has 0 N–H and O–H groups in total. The summed E-state index contributed by atoms with van der Waals surface area (Å²) >= 11 is 0. The van der Waals surface area contributed by atoms with E-state index >= 15 is 0 Å². The lowest BCUT2D eigenvalue weighted by atomic mass is 10.0. The number of hydrogen-bond donors (Lipinski definition) is 0. The summed E-state index contributed by atoms with van der Waals surface area (Å²) in [6.07, 6.45) is 108. The second-order valence-corrected chi connectivity index (χ2v) is 24.8. The van der Waals surface area contributed by atoms with Crippen molar-refractivity contribution in [1.29, 1.82) is 0 Å². The minimum atomic E-state index is -1.64. The van der Waals surface area contributed by atoms with Crippen molar-refractivity contribution in [2.24, 2.45) is 0 Å². The van der Waals surface area contributed by atoms with Gasteiger partial charge in [0.1, 0.15) is 13.2 Å². The molecule has 0 amide bonds. The molecule has 9 nitrogen and oxygen atoms in total. The average Bonchev–Trinajstić information content (AvgIpc) is 3.73. The maximum Gasteiger partial charge on any atom is 0.306 e. The van der Waals surface area contributed by atoms with Crippen molar-refractivity contribution in [3.8, 4) is 0 Å². The number of carbonyl (C=O) groups excluding carboxylic acids is 3. The van der Waals surface area contributed by atoms with Crippen molar-refractivity contribution >= 4 is 17.9 Å². The van der Waals surface area contributed by atoms with Crippen LogP contribution in [0.3, 0.4) is 0 Å². The maximum absolute atomic E-state index is 12.9. The number of quaternary nitrogens is 1. The molecule has 0 aliphatic carbocycles. The number of carboxylic acid groups (broad SMARTS) is 1. The Morgan fingerprint density at radius 1 is 0.323 bits per heavy atom. The molecular formula is C84H133NO8. The van der Waals surface area contributed by atoms with E-state index in [0.717, 1.165) is 167 Å². The number of esters is 2. The first-order chi connectivity index (χ1) is 45.6. The second-order valence-electron chi connectivity index (χ2n) is 24.8. The van der Waals surface area contributed by atoms with Gasteiger partial charge in [0.25, 0.3) is 0 Å². The van der Waals surface area contributed by atoms with Crippen molar-refractivity contribution < 1.29 is 42.9 Å². The number of hydrogen-bond acceptors (Lipinski definition) is 8. The number of unbranched alkanes of at least 4 members (excludes halogenated alkanes) is 18. The Kier molecular flexibility index (Phi) is 67.4. The van der Waals surface area contributed by atoms with Gasteiger partial charge in [0.05, 0.1) is 40.3 Å². The molecule has 0 saturated carbocycles. The zero-order chi connectivity index (χ0) is 67.5. The quantitative estimate of drug-likeness (QED) is 0.0195. The summed E-state index contributed by atoms with van der Waals surface area (Å²) in [5.41, 5.74) is 0. The zero-order valence-corrected chi connectivity index (χ0v) is 59.5. The molecule has 0 fully saturated rings. The highest BCUT2D eigenvalue weighted by Gasteiger charge is 2.22. The maximum atomic E-state index is 12.9. The van der Waals surface area contributed by atoms with Crippen LogP contribution in [0.2, 0.25) is 0 Å². The van der Waals surface area contributed by atoms with Crippen LogP contribution in [-0.4, -0.2) is 82.3 Å².